The molecule has 0 saturated carbocycles. The van der Waals surface area contributed by atoms with Crippen LogP contribution in [0.25, 0.3) is 0 Å². The van der Waals surface area contributed by atoms with Gasteiger partial charge in [-0.3, -0.25) is 4.79 Å². The number of nitrogens with one attached hydrogen (secondary N) is 1. The molecule has 1 atom stereocenters. The summed E-state index contributed by atoms with van der Waals surface area (Å²) in [5.41, 5.74) is 0.345. The third-order valence-electron chi connectivity index (χ3n) is 2.24. The van der Waals surface area contributed by atoms with Crippen molar-refractivity contribution in [2.45, 2.75) is 25.8 Å². The minimum Gasteiger partial charge on any atom is -0.350 e. The van der Waals surface area contributed by atoms with E-state index < -0.39 is 5.82 Å². The molecule has 1 aromatic carbocycles. The lowest BCUT2D eigenvalue weighted by Gasteiger charge is -2.12. The van der Waals surface area contributed by atoms with E-state index in [2.05, 4.69) is 5.32 Å². The highest BCUT2D eigenvalue weighted by Crippen LogP contribution is 2.05. The maximum Gasteiger partial charge on any atom is 0.251 e. The van der Waals surface area contributed by atoms with Gasteiger partial charge in [0, 0.05) is 17.5 Å². The Morgan fingerprint density at radius 1 is 1.56 bits per heavy atom. The third kappa shape index (κ3) is 4.19. The van der Waals surface area contributed by atoms with Crippen LogP contribution in [0.4, 0.5) is 4.39 Å². The Kier molecular flexibility index (Phi) is 5.26. The van der Waals surface area contributed by atoms with Crippen LogP contribution in [0, 0.1) is 5.82 Å². The van der Waals surface area contributed by atoms with Crippen LogP contribution in [0.3, 0.4) is 0 Å². The molecular weight excluding hydrogens is 229 g/mol. The maximum atomic E-state index is 12.9. The molecule has 1 rings (SSSR count). The standard InChI is InChI=1S/C12H15ClFNO/c1-9(4-3-7-13)15-12(16)10-5-2-6-11(14)8-10/h2,5-6,8-9H,3-4,7H2,1H3,(H,15,16). The normalized spacial score (nSPS) is 12.2. The quantitative estimate of drug-likeness (QED) is 0.792. The zero-order chi connectivity index (χ0) is 12.0. The van der Waals surface area contributed by atoms with Gasteiger partial charge in [-0.1, -0.05) is 6.07 Å². The van der Waals surface area contributed by atoms with Gasteiger partial charge >= 0.3 is 0 Å². The summed E-state index contributed by atoms with van der Waals surface area (Å²) in [6, 6.07) is 5.70. The van der Waals surface area contributed by atoms with Gasteiger partial charge < -0.3 is 5.32 Å². The summed E-state index contributed by atoms with van der Waals surface area (Å²) in [6.07, 6.45) is 1.68. The zero-order valence-corrected chi connectivity index (χ0v) is 9.93. The van der Waals surface area contributed by atoms with Crippen LogP contribution in [0.5, 0.6) is 0 Å². The second kappa shape index (κ2) is 6.48. The van der Waals surface area contributed by atoms with Crippen molar-refractivity contribution >= 4 is 17.5 Å². The van der Waals surface area contributed by atoms with E-state index in [0.29, 0.717) is 11.4 Å². The molecule has 0 fully saturated rings. The summed E-state index contributed by atoms with van der Waals surface area (Å²) in [4.78, 5) is 11.7. The van der Waals surface area contributed by atoms with Crippen LogP contribution in [0.15, 0.2) is 24.3 Å². The fraction of sp³-hybridized carbons (Fsp3) is 0.417. The second-order valence-electron chi connectivity index (χ2n) is 3.72. The Hall–Kier alpha value is -1.09. The lowest BCUT2D eigenvalue weighted by molar-refractivity contribution is 0.0938. The molecule has 1 unspecified atom stereocenters. The van der Waals surface area contributed by atoms with Crippen molar-refractivity contribution in [2.75, 3.05) is 5.88 Å². The first-order valence-electron chi connectivity index (χ1n) is 5.26. The highest BCUT2D eigenvalue weighted by molar-refractivity contribution is 6.17. The van der Waals surface area contributed by atoms with Gasteiger partial charge in [-0.15, -0.1) is 11.6 Å². The summed E-state index contributed by atoms with van der Waals surface area (Å²) in [7, 11) is 0. The maximum absolute atomic E-state index is 12.9. The van der Waals surface area contributed by atoms with Crippen molar-refractivity contribution in [3.05, 3.63) is 35.6 Å². The summed E-state index contributed by atoms with van der Waals surface area (Å²) < 4.78 is 12.9. The number of halogens is 2. The molecular formula is C12H15ClFNO. The molecule has 88 valence electrons. The highest BCUT2D eigenvalue weighted by atomic mass is 35.5. The Labute approximate surface area is 99.8 Å². The molecule has 0 aliphatic rings. The van der Waals surface area contributed by atoms with Crippen molar-refractivity contribution in [3.8, 4) is 0 Å². The lowest BCUT2D eigenvalue weighted by Crippen LogP contribution is -2.32. The molecule has 1 amide bonds. The van der Waals surface area contributed by atoms with E-state index in [-0.39, 0.29) is 11.9 Å². The van der Waals surface area contributed by atoms with Crippen LogP contribution in [-0.2, 0) is 0 Å². The predicted octanol–water partition coefficient (Wildman–Crippen LogP) is 2.96. The molecule has 4 heteroatoms. The van der Waals surface area contributed by atoms with E-state index in [1.54, 1.807) is 6.07 Å². The summed E-state index contributed by atoms with van der Waals surface area (Å²) in [5.74, 6) is -0.0668. The van der Waals surface area contributed by atoms with E-state index in [0.717, 1.165) is 12.8 Å². The third-order valence-corrected chi connectivity index (χ3v) is 2.50. The molecule has 0 aromatic heterocycles. The number of benzene rings is 1. The highest BCUT2D eigenvalue weighted by Gasteiger charge is 2.09. The molecule has 2 nitrogen and oxygen atoms in total. The van der Waals surface area contributed by atoms with E-state index in [4.69, 9.17) is 11.6 Å². The fourth-order valence-electron chi connectivity index (χ4n) is 1.39. The molecule has 1 aromatic rings. The molecule has 0 radical (unpaired) electrons. The number of carbonyl (C=O) groups excluding carboxylic acids is 1. The van der Waals surface area contributed by atoms with Crippen LogP contribution < -0.4 is 5.32 Å². The number of carbonyl (C=O) groups is 1. The van der Waals surface area contributed by atoms with Crippen LogP contribution >= 0.6 is 11.6 Å². The van der Waals surface area contributed by atoms with Gasteiger partial charge in [-0.25, -0.2) is 4.39 Å². The van der Waals surface area contributed by atoms with Gasteiger partial charge in [0.1, 0.15) is 5.82 Å². The second-order valence-corrected chi connectivity index (χ2v) is 4.09. The van der Waals surface area contributed by atoms with Gasteiger partial charge in [0.25, 0.3) is 5.91 Å². The van der Waals surface area contributed by atoms with Crippen LogP contribution in [0.2, 0.25) is 0 Å². The van der Waals surface area contributed by atoms with Crippen molar-refractivity contribution in [2.24, 2.45) is 0 Å². The number of alkyl halides is 1. The first-order chi connectivity index (χ1) is 7.63. The van der Waals surface area contributed by atoms with Crippen molar-refractivity contribution in [1.29, 1.82) is 0 Å². The first kappa shape index (κ1) is 13.0. The molecule has 0 aliphatic carbocycles. The Bertz CT molecular complexity index is 357. The van der Waals surface area contributed by atoms with Gasteiger partial charge in [0.2, 0.25) is 0 Å². The zero-order valence-electron chi connectivity index (χ0n) is 9.17. The number of rotatable bonds is 5. The fourth-order valence-corrected chi connectivity index (χ4v) is 1.55. The molecule has 1 N–H and O–H groups in total. The van der Waals surface area contributed by atoms with Gasteiger partial charge in [-0.05, 0) is 38.0 Å². The number of hydrogen-bond donors (Lipinski definition) is 1. The van der Waals surface area contributed by atoms with Gasteiger partial charge in [0.15, 0.2) is 0 Å². The van der Waals surface area contributed by atoms with E-state index in [1.807, 2.05) is 6.92 Å². The van der Waals surface area contributed by atoms with E-state index >= 15 is 0 Å². The minimum absolute atomic E-state index is 0.0505. The van der Waals surface area contributed by atoms with Crippen molar-refractivity contribution < 1.29 is 9.18 Å². The largest absolute Gasteiger partial charge is 0.350 e. The molecule has 0 bridgehead atoms. The Morgan fingerprint density at radius 3 is 2.94 bits per heavy atom. The smallest absolute Gasteiger partial charge is 0.251 e. The van der Waals surface area contributed by atoms with Gasteiger partial charge in [0.05, 0.1) is 0 Å². The van der Waals surface area contributed by atoms with Crippen molar-refractivity contribution in [1.82, 2.24) is 5.32 Å². The van der Waals surface area contributed by atoms with Crippen molar-refractivity contribution in [3.63, 3.8) is 0 Å². The summed E-state index contributed by atoms with van der Waals surface area (Å²) >= 11 is 5.56. The molecule has 16 heavy (non-hydrogen) atoms. The Balaban J connectivity index is 2.52. The summed E-state index contributed by atoms with van der Waals surface area (Å²) in [6.45, 7) is 1.91. The lowest BCUT2D eigenvalue weighted by atomic mass is 10.1. The minimum atomic E-state index is -0.402. The average Bonchev–Trinajstić information content (AvgIpc) is 2.26. The molecule has 0 aliphatic heterocycles. The molecule has 0 heterocycles. The first-order valence-corrected chi connectivity index (χ1v) is 5.79. The molecule has 0 saturated heterocycles. The predicted molar refractivity (Wildman–Crippen MR) is 63.3 cm³/mol. The van der Waals surface area contributed by atoms with Crippen LogP contribution in [0.1, 0.15) is 30.1 Å². The number of hydrogen-bond acceptors (Lipinski definition) is 1. The van der Waals surface area contributed by atoms with E-state index in [9.17, 15) is 9.18 Å². The van der Waals surface area contributed by atoms with E-state index in [1.165, 1.54) is 18.2 Å². The average molecular weight is 244 g/mol. The Morgan fingerprint density at radius 2 is 2.31 bits per heavy atom. The van der Waals surface area contributed by atoms with Gasteiger partial charge in [-0.2, -0.15) is 0 Å². The number of amides is 1. The summed E-state index contributed by atoms with van der Waals surface area (Å²) in [5, 5.41) is 2.79. The SMILES string of the molecule is CC(CCCCl)NC(=O)c1cccc(F)c1. The van der Waals surface area contributed by atoms with Crippen LogP contribution in [-0.4, -0.2) is 17.8 Å². The topological polar surface area (TPSA) is 29.1 Å². The molecule has 0 spiro atoms. The monoisotopic (exact) mass is 243 g/mol.